The SMILES string of the molecule is CC(C)C1=C[C@@](C)(CO[Si](c2ccccc2)(c2ccccc2)C(C)(C)C)CC1=O. The Labute approximate surface area is 177 Å². The second kappa shape index (κ2) is 8.04. The van der Waals surface area contributed by atoms with Crippen molar-refractivity contribution in [1.29, 1.82) is 0 Å². The summed E-state index contributed by atoms with van der Waals surface area (Å²) in [5.74, 6) is 0.533. The first-order chi connectivity index (χ1) is 13.6. The number of rotatable bonds is 6. The Morgan fingerprint density at radius 2 is 1.45 bits per heavy atom. The maximum atomic E-state index is 12.6. The summed E-state index contributed by atoms with van der Waals surface area (Å²) in [4.78, 5) is 12.6. The number of benzene rings is 2. The van der Waals surface area contributed by atoms with Crippen molar-refractivity contribution < 1.29 is 9.22 Å². The van der Waals surface area contributed by atoms with Crippen molar-refractivity contribution in [1.82, 2.24) is 0 Å². The lowest BCUT2D eigenvalue weighted by atomic mass is 9.91. The largest absolute Gasteiger partial charge is 0.407 e. The molecule has 0 bridgehead atoms. The van der Waals surface area contributed by atoms with Gasteiger partial charge >= 0.3 is 0 Å². The first-order valence-electron chi connectivity index (χ1n) is 10.6. The van der Waals surface area contributed by atoms with Gasteiger partial charge < -0.3 is 4.43 Å². The molecule has 29 heavy (non-hydrogen) atoms. The van der Waals surface area contributed by atoms with Crippen LogP contribution in [0.15, 0.2) is 72.3 Å². The van der Waals surface area contributed by atoms with Gasteiger partial charge in [-0.05, 0) is 26.9 Å². The Morgan fingerprint density at radius 3 is 1.83 bits per heavy atom. The summed E-state index contributed by atoms with van der Waals surface area (Å²) in [7, 11) is -2.58. The van der Waals surface area contributed by atoms with Gasteiger partial charge in [0.2, 0.25) is 0 Å². The van der Waals surface area contributed by atoms with Gasteiger partial charge in [-0.1, -0.05) is 108 Å². The van der Waals surface area contributed by atoms with Gasteiger partial charge in [0.1, 0.15) is 0 Å². The van der Waals surface area contributed by atoms with Crippen LogP contribution in [0.1, 0.15) is 48.0 Å². The third-order valence-corrected chi connectivity index (χ3v) is 11.0. The lowest BCUT2D eigenvalue weighted by Gasteiger charge is -2.44. The zero-order valence-electron chi connectivity index (χ0n) is 18.7. The van der Waals surface area contributed by atoms with Gasteiger partial charge in [0.05, 0.1) is 0 Å². The predicted molar refractivity (Wildman–Crippen MR) is 124 cm³/mol. The number of hydrogen-bond donors (Lipinski definition) is 0. The van der Waals surface area contributed by atoms with Crippen LogP contribution in [0.3, 0.4) is 0 Å². The number of allylic oxidation sites excluding steroid dienone is 1. The summed E-state index contributed by atoms with van der Waals surface area (Å²) in [5.41, 5.74) is 0.711. The summed E-state index contributed by atoms with van der Waals surface area (Å²) in [6.07, 6.45) is 2.72. The van der Waals surface area contributed by atoms with E-state index >= 15 is 0 Å². The van der Waals surface area contributed by atoms with E-state index in [1.165, 1.54) is 10.4 Å². The van der Waals surface area contributed by atoms with E-state index in [1.54, 1.807) is 0 Å². The van der Waals surface area contributed by atoms with Crippen LogP contribution in [0, 0.1) is 11.3 Å². The van der Waals surface area contributed by atoms with Gasteiger partial charge in [-0.2, -0.15) is 0 Å². The summed E-state index contributed by atoms with van der Waals surface area (Å²) in [6.45, 7) is 13.8. The second-order valence-corrected chi connectivity index (χ2v) is 14.3. The van der Waals surface area contributed by atoms with Gasteiger partial charge in [0.15, 0.2) is 5.78 Å². The molecule has 154 valence electrons. The summed E-state index contributed by atoms with van der Waals surface area (Å²) < 4.78 is 7.07. The summed E-state index contributed by atoms with van der Waals surface area (Å²) >= 11 is 0. The van der Waals surface area contributed by atoms with Crippen LogP contribution in [-0.4, -0.2) is 20.7 Å². The monoisotopic (exact) mass is 406 g/mol. The quantitative estimate of drug-likeness (QED) is 0.622. The lowest BCUT2D eigenvalue weighted by molar-refractivity contribution is -0.116. The minimum atomic E-state index is -2.58. The molecule has 3 heteroatoms. The molecule has 1 atom stereocenters. The predicted octanol–water partition coefficient (Wildman–Crippen LogP) is 5.12. The Kier molecular flexibility index (Phi) is 6.02. The van der Waals surface area contributed by atoms with E-state index in [9.17, 15) is 4.79 Å². The summed E-state index contributed by atoms with van der Waals surface area (Å²) in [6, 6.07) is 21.4. The highest BCUT2D eigenvalue weighted by atomic mass is 28.4. The number of hydrogen-bond acceptors (Lipinski definition) is 2. The molecule has 0 radical (unpaired) electrons. The molecule has 2 nitrogen and oxygen atoms in total. The molecule has 1 aliphatic carbocycles. The van der Waals surface area contributed by atoms with Crippen molar-refractivity contribution in [2.75, 3.05) is 6.61 Å². The fourth-order valence-corrected chi connectivity index (χ4v) is 9.29. The van der Waals surface area contributed by atoms with Crippen LogP contribution >= 0.6 is 0 Å². The van der Waals surface area contributed by atoms with Crippen LogP contribution in [0.2, 0.25) is 5.04 Å². The Bertz CT molecular complexity index is 838. The van der Waals surface area contributed by atoms with Gasteiger partial charge in [-0.15, -0.1) is 0 Å². The molecule has 0 amide bonds. The molecule has 0 aliphatic heterocycles. The lowest BCUT2D eigenvalue weighted by Crippen LogP contribution is -2.67. The van der Waals surface area contributed by atoms with Crippen LogP contribution < -0.4 is 10.4 Å². The van der Waals surface area contributed by atoms with Crippen LogP contribution in [0.5, 0.6) is 0 Å². The van der Waals surface area contributed by atoms with Crippen molar-refractivity contribution in [2.45, 2.75) is 53.0 Å². The molecule has 1 aliphatic rings. The van der Waals surface area contributed by atoms with Crippen LogP contribution in [0.4, 0.5) is 0 Å². The van der Waals surface area contributed by atoms with E-state index in [-0.39, 0.29) is 22.2 Å². The van der Waals surface area contributed by atoms with Crippen molar-refractivity contribution in [3.05, 3.63) is 72.3 Å². The average Bonchev–Trinajstić information content (AvgIpc) is 2.98. The van der Waals surface area contributed by atoms with E-state index in [0.717, 1.165) is 5.57 Å². The number of carbonyl (C=O) groups excluding carboxylic acids is 1. The molecule has 0 saturated heterocycles. The van der Waals surface area contributed by atoms with E-state index in [2.05, 4.69) is 108 Å². The Hall–Kier alpha value is -1.97. The highest BCUT2D eigenvalue weighted by Crippen LogP contribution is 2.41. The number of ketones is 1. The number of carbonyl (C=O) groups is 1. The van der Waals surface area contributed by atoms with E-state index in [4.69, 9.17) is 4.43 Å². The van der Waals surface area contributed by atoms with Gasteiger partial charge in [0, 0.05) is 18.4 Å². The molecule has 0 saturated carbocycles. The maximum absolute atomic E-state index is 12.6. The Balaban J connectivity index is 2.07. The van der Waals surface area contributed by atoms with Crippen molar-refractivity contribution >= 4 is 24.5 Å². The normalized spacial score (nSPS) is 20.2. The smallest absolute Gasteiger partial charge is 0.261 e. The third kappa shape index (κ3) is 4.17. The fourth-order valence-electron chi connectivity index (χ4n) is 4.59. The molecular weight excluding hydrogens is 372 g/mol. The van der Waals surface area contributed by atoms with Crippen LogP contribution in [0.25, 0.3) is 0 Å². The average molecular weight is 407 g/mol. The molecule has 2 aromatic carbocycles. The highest BCUT2D eigenvalue weighted by Gasteiger charge is 2.51. The highest BCUT2D eigenvalue weighted by molar-refractivity contribution is 6.99. The van der Waals surface area contributed by atoms with E-state index in [0.29, 0.717) is 13.0 Å². The number of Topliss-reactive ketones (excluding diaryl/α,β-unsaturated/α-hetero) is 1. The minimum absolute atomic E-state index is 0.0563. The molecule has 0 fully saturated rings. The third-order valence-electron chi connectivity index (χ3n) is 6.05. The topological polar surface area (TPSA) is 26.3 Å². The van der Waals surface area contributed by atoms with Gasteiger partial charge in [-0.3, -0.25) is 4.79 Å². The molecule has 0 heterocycles. The van der Waals surface area contributed by atoms with Gasteiger partial charge in [0.25, 0.3) is 8.32 Å². The Morgan fingerprint density at radius 1 is 0.966 bits per heavy atom. The van der Waals surface area contributed by atoms with Crippen molar-refractivity contribution in [3.63, 3.8) is 0 Å². The fraction of sp³-hybridized carbons (Fsp3) is 0.423. The standard InChI is InChI=1S/C26H34O2Si/c1-20(2)23-17-26(6,18-24(23)27)19-28-29(25(3,4)5,21-13-9-7-10-14-21)22-15-11-8-12-16-22/h7-17,20H,18-19H2,1-6H3/t26-/m1/s1. The van der Waals surface area contributed by atoms with E-state index < -0.39 is 8.32 Å². The van der Waals surface area contributed by atoms with Crippen LogP contribution in [-0.2, 0) is 9.22 Å². The van der Waals surface area contributed by atoms with Gasteiger partial charge in [-0.25, -0.2) is 0 Å². The van der Waals surface area contributed by atoms with Crippen molar-refractivity contribution in [2.24, 2.45) is 11.3 Å². The molecule has 3 rings (SSSR count). The maximum Gasteiger partial charge on any atom is 0.261 e. The minimum Gasteiger partial charge on any atom is -0.407 e. The molecule has 2 aromatic rings. The first-order valence-corrected chi connectivity index (χ1v) is 12.5. The molecule has 0 N–H and O–H groups in total. The molecule has 0 aromatic heterocycles. The van der Waals surface area contributed by atoms with E-state index in [1.807, 2.05) is 0 Å². The summed E-state index contributed by atoms with van der Waals surface area (Å²) in [5, 5.41) is 2.50. The molecular formula is C26H34O2Si. The zero-order valence-corrected chi connectivity index (χ0v) is 19.7. The molecule has 0 spiro atoms. The zero-order chi connectivity index (χ0) is 21.3. The second-order valence-electron chi connectivity index (χ2n) is 9.96. The van der Waals surface area contributed by atoms with Crippen molar-refractivity contribution in [3.8, 4) is 0 Å². The first kappa shape index (κ1) is 21.7. The molecule has 0 unspecified atom stereocenters.